The summed E-state index contributed by atoms with van der Waals surface area (Å²) in [6, 6.07) is 10.2. The van der Waals surface area contributed by atoms with Gasteiger partial charge in [0.05, 0.1) is 12.2 Å². The topological polar surface area (TPSA) is 44.1 Å². The number of rotatable bonds is 7. The number of nitrogens with zero attached hydrogens (tertiary/aromatic N) is 2. The second-order valence-corrected chi connectivity index (χ2v) is 4.87. The van der Waals surface area contributed by atoms with Crippen molar-refractivity contribution in [3.05, 3.63) is 52.3 Å². The first-order valence-corrected chi connectivity index (χ1v) is 6.87. The lowest BCUT2D eigenvalue weighted by atomic mass is 10.1. The summed E-state index contributed by atoms with van der Waals surface area (Å²) in [7, 11) is 1.57. The van der Waals surface area contributed by atoms with Gasteiger partial charge in [-0.2, -0.15) is 5.10 Å². The Balaban J connectivity index is 2.01. The van der Waals surface area contributed by atoms with Crippen molar-refractivity contribution in [2.75, 3.05) is 7.11 Å². The zero-order valence-corrected chi connectivity index (χ0v) is 12.1. The standard InChI is InChI=1S/C15H17ClN2O2/c1-20-11-14-13(10-19)15(16)18(17-14)9-5-8-12-6-3-2-4-7-12/h2-4,6-7,10H,5,8-9,11H2,1H3. The molecule has 0 amide bonds. The third-order valence-corrected chi connectivity index (χ3v) is 3.48. The number of aryl methyl sites for hydroxylation is 2. The molecule has 0 saturated carbocycles. The molecule has 0 N–H and O–H groups in total. The molecule has 0 bridgehead atoms. The van der Waals surface area contributed by atoms with E-state index in [2.05, 4.69) is 17.2 Å². The summed E-state index contributed by atoms with van der Waals surface area (Å²) in [6.45, 7) is 0.970. The fourth-order valence-corrected chi connectivity index (χ4v) is 2.36. The molecule has 0 aliphatic rings. The molecule has 1 aromatic heterocycles. The minimum absolute atomic E-state index is 0.291. The molecule has 0 spiro atoms. The molecule has 0 fully saturated rings. The summed E-state index contributed by atoms with van der Waals surface area (Å²) in [6.07, 6.45) is 2.60. The maximum atomic E-state index is 11.0. The average molecular weight is 293 g/mol. The van der Waals surface area contributed by atoms with E-state index in [0.717, 1.165) is 19.1 Å². The van der Waals surface area contributed by atoms with Gasteiger partial charge in [-0.1, -0.05) is 41.9 Å². The number of methoxy groups -OCH3 is 1. The van der Waals surface area contributed by atoms with Gasteiger partial charge in [-0.05, 0) is 18.4 Å². The molecule has 0 aliphatic heterocycles. The van der Waals surface area contributed by atoms with Gasteiger partial charge < -0.3 is 4.74 Å². The van der Waals surface area contributed by atoms with Crippen LogP contribution in [0.2, 0.25) is 5.15 Å². The molecule has 0 aliphatic carbocycles. The Morgan fingerprint density at radius 3 is 2.75 bits per heavy atom. The van der Waals surface area contributed by atoms with Crippen molar-refractivity contribution in [2.24, 2.45) is 0 Å². The van der Waals surface area contributed by atoms with E-state index in [-0.39, 0.29) is 0 Å². The van der Waals surface area contributed by atoms with Crippen LogP contribution in [-0.4, -0.2) is 23.2 Å². The van der Waals surface area contributed by atoms with Crippen LogP contribution in [0.15, 0.2) is 30.3 Å². The Labute approximate surface area is 123 Å². The molecule has 0 unspecified atom stereocenters. The number of aromatic nitrogens is 2. The number of benzene rings is 1. The maximum absolute atomic E-state index is 11.0. The quantitative estimate of drug-likeness (QED) is 0.737. The van der Waals surface area contributed by atoms with Crippen molar-refractivity contribution in [1.82, 2.24) is 9.78 Å². The number of ether oxygens (including phenoxy) is 1. The SMILES string of the molecule is COCc1nn(CCCc2ccccc2)c(Cl)c1C=O. The largest absolute Gasteiger partial charge is 0.378 e. The lowest BCUT2D eigenvalue weighted by Crippen LogP contribution is -2.02. The van der Waals surface area contributed by atoms with Crippen LogP contribution in [-0.2, 0) is 24.3 Å². The summed E-state index contributed by atoms with van der Waals surface area (Å²) in [4.78, 5) is 11.0. The smallest absolute Gasteiger partial charge is 0.155 e. The molecule has 1 aromatic carbocycles. The highest BCUT2D eigenvalue weighted by Gasteiger charge is 2.15. The molecule has 0 atom stereocenters. The minimum atomic E-state index is 0.291. The van der Waals surface area contributed by atoms with Crippen molar-refractivity contribution in [3.63, 3.8) is 0 Å². The average Bonchev–Trinajstić information content (AvgIpc) is 2.76. The van der Waals surface area contributed by atoms with Gasteiger partial charge in [0.2, 0.25) is 0 Å². The van der Waals surface area contributed by atoms with Crippen molar-refractivity contribution in [2.45, 2.75) is 26.0 Å². The molecule has 2 aromatic rings. The molecule has 0 saturated heterocycles. The van der Waals surface area contributed by atoms with Crippen molar-refractivity contribution < 1.29 is 9.53 Å². The second-order valence-electron chi connectivity index (χ2n) is 4.51. The number of hydrogen-bond donors (Lipinski definition) is 0. The molecule has 2 rings (SSSR count). The van der Waals surface area contributed by atoms with Crippen LogP contribution >= 0.6 is 11.6 Å². The Hall–Kier alpha value is -1.65. The van der Waals surface area contributed by atoms with Crippen molar-refractivity contribution in [1.29, 1.82) is 0 Å². The minimum Gasteiger partial charge on any atom is -0.378 e. The summed E-state index contributed by atoms with van der Waals surface area (Å²) in [5.41, 5.74) is 2.30. The van der Waals surface area contributed by atoms with Crippen LogP contribution in [0, 0.1) is 0 Å². The first kappa shape index (κ1) is 14.8. The van der Waals surface area contributed by atoms with Gasteiger partial charge in [0.25, 0.3) is 0 Å². The first-order chi connectivity index (χ1) is 9.76. The van der Waals surface area contributed by atoms with Gasteiger partial charge in [-0.25, -0.2) is 0 Å². The molecule has 20 heavy (non-hydrogen) atoms. The van der Waals surface area contributed by atoms with Gasteiger partial charge >= 0.3 is 0 Å². The summed E-state index contributed by atoms with van der Waals surface area (Å²) in [5, 5.41) is 4.72. The fraction of sp³-hybridized carbons (Fsp3) is 0.333. The maximum Gasteiger partial charge on any atom is 0.155 e. The predicted octanol–water partition coefficient (Wildman–Crippen LogP) is 3.13. The van der Waals surface area contributed by atoms with Crippen LogP contribution < -0.4 is 0 Å². The van der Waals surface area contributed by atoms with Crippen molar-refractivity contribution >= 4 is 17.9 Å². The van der Waals surface area contributed by atoms with Gasteiger partial charge in [0, 0.05) is 13.7 Å². The van der Waals surface area contributed by atoms with Crippen molar-refractivity contribution in [3.8, 4) is 0 Å². The van der Waals surface area contributed by atoms with E-state index >= 15 is 0 Å². The Morgan fingerprint density at radius 2 is 2.10 bits per heavy atom. The number of carbonyl (C=O) groups excluding carboxylic acids is 1. The van der Waals surface area contributed by atoms with E-state index in [1.54, 1.807) is 11.8 Å². The zero-order valence-electron chi connectivity index (χ0n) is 11.4. The normalized spacial score (nSPS) is 10.7. The van der Waals surface area contributed by atoms with Gasteiger partial charge in [-0.3, -0.25) is 9.48 Å². The van der Waals surface area contributed by atoms with Gasteiger partial charge in [0.1, 0.15) is 10.8 Å². The Kier molecular flexibility index (Phi) is 5.32. The number of hydrogen-bond acceptors (Lipinski definition) is 3. The summed E-state index contributed by atoms with van der Waals surface area (Å²) < 4.78 is 6.69. The molecule has 0 radical (unpaired) electrons. The van der Waals surface area contributed by atoms with E-state index in [1.165, 1.54) is 5.56 Å². The molecular formula is C15H17ClN2O2. The highest BCUT2D eigenvalue weighted by molar-refractivity contribution is 6.32. The molecule has 5 heteroatoms. The van der Waals surface area contributed by atoms with E-state index < -0.39 is 0 Å². The van der Waals surface area contributed by atoms with E-state index in [4.69, 9.17) is 16.3 Å². The Bertz CT molecular complexity index is 567. The predicted molar refractivity (Wildman–Crippen MR) is 78.1 cm³/mol. The monoisotopic (exact) mass is 292 g/mol. The number of aldehydes is 1. The molecule has 1 heterocycles. The highest BCUT2D eigenvalue weighted by Crippen LogP contribution is 2.19. The van der Waals surface area contributed by atoms with Crippen LogP contribution in [0.4, 0.5) is 0 Å². The number of carbonyl (C=O) groups is 1. The van der Waals surface area contributed by atoms with Gasteiger partial charge in [-0.15, -0.1) is 0 Å². The van der Waals surface area contributed by atoms with Crippen LogP contribution in [0.1, 0.15) is 28.0 Å². The third kappa shape index (κ3) is 3.46. The lowest BCUT2D eigenvalue weighted by Gasteiger charge is -2.03. The van der Waals surface area contributed by atoms with Crippen LogP contribution in [0.5, 0.6) is 0 Å². The summed E-state index contributed by atoms with van der Waals surface area (Å²) in [5.74, 6) is 0. The molecule has 4 nitrogen and oxygen atoms in total. The second kappa shape index (κ2) is 7.22. The van der Waals surface area contributed by atoms with Crippen LogP contribution in [0.25, 0.3) is 0 Å². The fourth-order valence-electron chi connectivity index (χ4n) is 2.09. The third-order valence-electron chi connectivity index (χ3n) is 3.08. The van der Waals surface area contributed by atoms with Crippen LogP contribution in [0.3, 0.4) is 0 Å². The lowest BCUT2D eigenvalue weighted by molar-refractivity contribution is 0.111. The van der Waals surface area contributed by atoms with E-state index in [0.29, 0.717) is 29.6 Å². The Morgan fingerprint density at radius 1 is 1.35 bits per heavy atom. The molecule has 106 valence electrons. The van der Waals surface area contributed by atoms with E-state index in [9.17, 15) is 4.79 Å². The number of halogens is 1. The summed E-state index contributed by atoms with van der Waals surface area (Å²) >= 11 is 6.16. The van der Waals surface area contributed by atoms with E-state index in [1.807, 2.05) is 18.2 Å². The highest BCUT2D eigenvalue weighted by atomic mass is 35.5. The zero-order chi connectivity index (χ0) is 14.4. The van der Waals surface area contributed by atoms with Gasteiger partial charge in [0.15, 0.2) is 6.29 Å². The molecular weight excluding hydrogens is 276 g/mol. The first-order valence-electron chi connectivity index (χ1n) is 6.49.